The molecule has 1 aromatic heterocycles. The second-order valence-electron chi connectivity index (χ2n) is 7.85. The highest BCUT2D eigenvalue weighted by atomic mass is 16.5. The van der Waals surface area contributed by atoms with E-state index in [4.69, 9.17) is 4.74 Å². The molecule has 6 heteroatoms. The van der Waals surface area contributed by atoms with E-state index < -0.39 is 0 Å². The lowest BCUT2D eigenvalue weighted by molar-refractivity contribution is 0.195. The summed E-state index contributed by atoms with van der Waals surface area (Å²) >= 11 is 0. The first-order chi connectivity index (χ1) is 15.3. The Morgan fingerprint density at radius 3 is 2.42 bits per heavy atom. The van der Waals surface area contributed by atoms with E-state index in [2.05, 4.69) is 81.1 Å². The zero-order chi connectivity index (χ0) is 21.0. The second-order valence-corrected chi connectivity index (χ2v) is 7.85. The first kappa shape index (κ1) is 19.5. The third kappa shape index (κ3) is 4.07. The highest BCUT2D eigenvalue weighted by Gasteiger charge is 2.30. The summed E-state index contributed by atoms with van der Waals surface area (Å²) < 4.78 is 7.20. The van der Waals surface area contributed by atoms with Crippen molar-refractivity contribution in [1.29, 1.82) is 0 Å². The number of ether oxygens (including phenoxy) is 1. The van der Waals surface area contributed by atoms with Crippen LogP contribution in [0.1, 0.15) is 34.1 Å². The molecule has 1 aliphatic rings. The number of fused-ring (bicyclic) bond motifs is 1. The van der Waals surface area contributed by atoms with Gasteiger partial charge in [0.1, 0.15) is 5.75 Å². The van der Waals surface area contributed by atoms with Crippen LogP contribution in [0.3, 0.4) is 0 Å². The van der Waals surface area contributed by atoms with Crippen LogP contribution >= 0.6 is 0 Å². The van der Waals surface area contributed by atoms with Crippen molar-refractivity contribution in [1.82, 2.24) is 25.1 Å². The predicted molar refractivity (Wildman–Crippen MR) is 119 cm³/mol. The number of tetrazole rings is 1. The zero-order valence-electron chi connectivity index (χ0n) is 17.6. The number of hydrogen-bond donors (Lipinski definition) is 0. The lowest BCUT2D eigenvalue weighted by atomic mass is 9.96. The summed E-state index contributed by atoms with van der Waals surface area (Å²) in [6.07, 6.45) is 1.03. The molecule has 3 aromatic carbocycles. The average molecular weight is 412 g/mol. The number of aromatic nitrogens is 4. The standard InChI is InChI=1S/C25H25N5O/c1-31-23-13-11-19(12-14-23)17-30-25(26-27-28-30)24(21-8-3-2-4-9-21)29-16-15-20-7-5-6-10-22(20)18-29/h2-14,24H,15-18H2,1H3/t24-/m1/s1. The maximum absolute atomic E-state index is 5.28. The van der Waals surface area contributed by atoms with Gasteiger partial charge < -0.3 is 4.74 Å². The minimum atomic E-state index is -0.0113. The van der Waals surface area contributed by atoms with Gasteiger partial charge in [-0.05, 0) is 51.2 Å². The fourth-order valence-corrected chi connectivity index (χ4v) is 4.32. The van der Waals surface area contributed by atoms with Crippen LogP contribution < -0.4 is 4.74 Å². The molecular formula is C25H25N5O. The van der Waals surface area contributed by atoms with Gasteiger partial charge in [0.2, 0.25) is 0 Å². The van der Waals surface area contributed by atoms with Crippen LogP contribution in [0.25, 0.3) is 0 Å². The summed E-state index contributed by atoms with van der Waals surface area (Å²) in [4.78, 5) is 2.48. The molecule has 0 bridgehead atoms. The summed E-state index contributed by atoms with van der Waals surface area (Å²) in [6.45, 7) is 2.46. The lowest BCUT2D eigenvalue weighted by Gasteiger charge is -2.35. The minimum absolute atomic E-state index is 0.0113. The minimum Gasteiger partial charge on any atom is -0.497 e. The van der Waals surface area contributed by atoms with Gasteiger partial charge in [-0.15, -0.1) is 5.10 Å². The van der Waals surface area contributed by atoms with Crippen LogP contribution in [0.4, 0.5) is 0 Å². The zero-order valence-corrected chi connectivity index (χ0v) is 17.6. The van der Waals surface area contributed by atoms with Crippen molar-refractivity contribution in [3.63, 3.8) is 0 Å². The van der Waals surface area contributed by atoms with Gasteiger partial charge in [-0.2, -0.15) is 0 Å². The molecule has 0 fully saturated rings. The van der Waals surface area contributed by atoms with Crippen LogP contribution in [0.2, 0.25) is 0 Å². The summed E-state index contributed by atoms with van der Waals surface area (Å²) in [6, 6.07) is 27.3. The topological polar surface area (TPSA) is 56.1 Å². The van der Waals surface area contributed by atoms with E-state index in [0.717, 1.165) is 36.6 Å². The van der Waals surface area contributed by atoms with Gasteiger partial charge >= 0.3 is 0 Å². The molecular weight excluding hydrogens is 386 g/mol. The SMILES string of the molecule is COc1ccc(Cn2nnnc2[C@@H](c2ccccc2)N2CCc3ccccc3C2)cc1. The van der Waals surface area contributed by atoms with Gasteiger partial charge in [0.15, 0.2) is 5.82 Å². The van der Waals surface area contributed by atoms with Gasteiger partial charge in [0.25, 0.3) is 0 Å². The largest absolute Gasteiger partial charge is 0.497 e. The summed E-state index contributed by atoms with van der Waals surface area (Å²) in [5, 5.41) is 12.9. The number of benzene rings is 3. The predicted octanol–water partition coefficient (Wildman–Crippen LogP) is 3.88. The molecule has 1 atom stereocenters. The van der Waals surface area contributed by atoms with Crippen molar-refractivity contribution < 1.29 is 4.74 Å². The number of nitrogens with zero attached hydrogens (tertiary/aromatic N) is 5. The fraction of sp³-hybridized carbons (Fsp3) is 0.240. The molecule has 4 aromatic rings. The molecule has 0 saturated carbocycles. The Morgan fingerprint density at radius 1 is 0.903 bits per heavy atom. The van der Waals surface area contributed by atoms with Gasteiger partial charge in [-0.25, -0.2) is 4.68 Å². The number of rotatable bonds is 6. The van der Waals surface area contributed by atoms with Crippen molar-refractivity contribution in [2.75, 3.05) is 13.7 Å². The molecule has 1 aliphatic heterocycles. The van der Waals surface area contributed by atoms with Gasteiger partial charge in [0, 0.05) is 13.1 Å². The lowest BCUT2D eigenvalue weighted by Crippen LogP contribution is -2.36. The molecule has 0 radical (unpaired) electrons. The van der Waals surface area contributed by atoms with E-state index in [1.54, 1.807) is 7.11 Å². The Morgan fingerprint density at radius 2 is 1.65 bits per heavy atom. The van der Waals surface area contributed by atoms with Crippen LogP contribution in [0.5, 0.6) is 5.75 Å². The van der Waals surface area contributed by atoms with Crippen molar-refractivity contribution in [3.8, 4) is 5.75 Å². The molecule has 0 aliphatic carbocycles. The number of hydrogen-bond acceptors (Lipinski definition) is 5. The molecule has 0 spiro atoms. The van der Waals surface area contributed by atoms with E-state index in [0.29, 0.717) is 6.54 Å². The van der Waals surface area contributed by atoms with Gasteiger partial charge in [0.05, 0.1) is 19.7 Å². The van der Waals surface area contributed by atoms with Crippen molar-refractivity contribution >= 4 is 0 Å². The van der Waals surface area contributed by atoms with E-state index >= 15 is 0 Å². The fourth-order valence-electron chi connectivity index (χ4n) is 4.32. The number of methoxy groups -OCH3 is 1. The Labute approximate surface area is 182 Å². The highest BCUT2D eigenvalue weighted by Crippen LogP contribution is 2.32. The van der Waals surface area contributed by atoms with Crippen LogP contribution in [-0.2, 0) is 19.5 Å². The summed E-state index contributed by atoms with van der Waals surface area (Å²) in [7, 11) is 1.68. The molecule has 5 rings (SSSR count). The van der Waals surface area contributed by atoms with Crippen molar-refractivity contribution in [3.05, 3.63) is 107 Å². The molecule has 2 heterocycles. The first-order valence-corrected chi connectivity index (χ1v) is 10.6. The molecule has 0 saturated heterocycles. The maximum atomic E-state index is 5.28. The van der Waals surface area contributed by atoms with Gasteiger partial charge in [-0.3, -0.25) is 4.90 Å². The Balaban J connectivity index is 1.49. The normalized spacial score (nSPS) is 14.7. The molecule has 156 valence electrons. The first-order valence-electron chi connectivity index (χ1n) is 10.6. The average Bonchev–Trinajstić information content (AvgIpc) is 3.28. The molecule has 0 amide bonds. The molecule has 6 nitrogen and oxygen atoms in total. The highest BCUT2D eigenvalue weighted by molar-refractivity contribution is 5.32. The smallest absolute Gasteiger partial charge is 0.173 e. The van der Waals surface area contributed by atoms with Crippen molar-refractivity contribution in [2.24, 2.45) is 0 Å². The van der Waals surface area contributed by atoms with E-state index in [9.17, 15) is 0 Å². The Bertz CT molecular complexity index is 1140. The second kappa shape index (κ2) is 8.70. The maximum Gasteiger partial charge on any atom is 0.173 e. The summed E-state index contributed by atoms with van der Waals surface area (Å²) in [5.74, 6) is 1.70. The van der Waals surface area contributed by atoms with Crippen LogP contribution in [-0.4, -0.2) is 38.8 Å². The third-order valence-corrected chi connectivity index (χ3v) is 5.94. The van der Waals surface area contributed by atoms with Crippen LogP contribution in [0, 0.1) is 0 Å². The van der Waals surface area contributed by atoms with E-state index in [1.165, 1.54) is 16.7 Å². The molecule has 0 N–H and O–H groups in total. The summed E-state index contributed by atoms with van der Waals surface area (Å²) in [5.41, 5.74) is 5.14. The Hall–Kier alpha value is -3.51. The third-order valence-electron chi connectivity index (χ3n) is 5.94. The molecule has 31 heavy (non-hydrogen) atoms. The van der Waals surface area contributed by atoms with E-state index in [1.807, 2.05) is 22.9 Å². The van der Waals surface area contributed by atoms with Crippen LogP contribution in [0.15, 0.2) is 78.9 Å². The molecule has 0 unspecified atom stereocenters. The Kier molecular flexibility index (Phi) is 5.46. The van der Waals surface area contributed by atoms with Crippen molar-refractivity contribution in [2.45, 2.75) is 25.6 Å². The van der Waals surface area contributed by atoms with Gasteiger partial charge in [-0.1, -0.05) is 66.7 Å². The quantitative estimate of drug-likeness (QED) is 0.482. The monoisotopic (exact) mass is 411 g/mol. The van der Waals surface area contributed by atoms with E-state index in [-0.39, 0.29) is 6.04 Å².